The van der Waals surface area contributed by atoms with Crippen LogP contribution in [0.3, 0.4) is 0 Å². The van der Waals surface area contributed by atoms with Crippen LogP contribution in [0.2, 0.25) is 5.15 Å². The maximum atomic E-state index is 14.6. The molecule has 3 N–H and O–H groups in total. The van der Waals surface area contributed by atoms with Gasteiger partial charge >= 0.3 is 18.1 Å². The minimum Gasteiger partial charge on any atom is -0.425 e. The Morgan fingerprint density at radius 3 is 2.45 bits per heavy atom. The van der Waals surface area contributed by atoms with Crippen molar-refractivity contribution in [3.8, 4) is 11.3 Å². The minimum atomic E-state index is -5.56. The number of hydrogen-bond acceptors (Lipinski definition) is 8. The number of ether oxygens (including phenoxy) is 1. The van der Waals surface area contributed by atoms with Crippen LogP contribution in [0.15, 0.2) is 72.2 Å². The predicted molar refractivity (Wildman–Crippen MR) is 137 cm³/mol. The Morgan fingerprint density at radius 1 is 1.05 bits per heavy atom. The number of nitrogens with zero attached hydrogens (tertiary/aromatic N) is 4. The van der Waals surface area contributed by atoms with E-state index in [-0.39, 0.29) is 11.1 Å². The van der Waals surface area contributed by atoms with Crippen molar-refractivity contribution in [1.82, 2.24) is 29.8 Å². The first-order valence-corrected chi connectivity index (χ1v) is 12.2. The van der Waals surface area contributed by atoms with Crippen LogP contribution in [-0.2, 0) is 26.8 Å². The normalized spacial score (nSPS) is 12.4. The van der Waals surface area contributed by atoms with Gasteiger partial charge in [0.25, 0.3) is 17.7 Å². The van der Waals surface area contributed by atoms with Gasteiger partial charge in [-0.2, -0.15) is 22.0 Å². The molecule has 0 fully saturated rings. The molecule has 3 aromatic heterocycles. The minimum absolute atomic E-state index is 0.175. The first-order chi connectivity index (χ1) is 19.9. The largest absolute Gasteiger partial charge is 0.491 e. The highest BCUT2D eigenvalue weighted by atomic mass is 35.5. The highest BCUT2D eigenvalue weighted by Crippen LogP contribution is 2.27. The summed E-state index contributed by atoms with van der Waals surface area (Å²) in [6, 6.07) is 10.3. The monoisotopic (exact) mass is 611 g/mol. The number of aromatic nitrogens is 5. The number of amides is 1. The van der Waals surface area contributed by atoms with Gasteiger partial charge in [-0.15, -0.1) is 0 Å². The summed E-state index contributed by atoms with van der Waals surface area (Å²) in [6.45, 7) is -1.52. The molecule has 3 heterocycles. The molecule has 42 heavy (non-hydrogen) atoms. The van der Waals surface area contributed by atoms with Crippen molar-refractivity contribution in [2.45, 2.75) is 24.9 Å². The molecule has 1 atom stereocenters. The molecule has 220 valence electrons. The van der Waals surface area contributed by atoms with Gasteiger partial charge in [-0.05, 0) is 17.7 Å². The smallest absolute Gasteiger partial charge is 0.425 e. The fraction of sp³-hybridized carbons (Fsp3) is 0.200. The Kier molecular flexibility index (Phi) is 8.84. The lowest BCUT2D eigenvalue weighted by atomic mass is 10.1. The number of aromatic amines is 1. The van der Waals surface area contributed by atoms with Crippen molar-refractivity contribution in [1.29, 1.82) is 0 Å². The number of pyridine rings is 1. The average molecular weight is 612 g/mol. The maximum Gasteiger partial charge on any atom is 0.491 e. The molecular formula is C25H19ClF5N7O4. The first-order valence-electron chi connectivity index (χ1n) is 11.8. The van der Waals surface area contributed by atoms with E-state index in [0.717, 1.165) is 12.3 Å². The van der Waals surface area contributed by atoms with Crippen LogP contribution in [-0.4, -0.2) is 49.1 Å². The zero-order valence-electron chi connectivity index (χ0n) is 21.0. The van der Waals surface area contributed by atoms with Gasteiger partial charge < -0.3 is 20.4 Å². The molecule has 4 aromatic rings. The van der Waals surface area contributed by atoms with Gasteiger partial charge in [0.15, 0.2) is 5.82 Å². The Bertz CT molecular complexity index is 1620. The number of carbonyl (C=O) groups is 2. The van der Waals surface area contributed by atoms with E-state index >= 15 is 0 Å². The molecule has 0 bridgehead atoms. The van der Waals surface area contributed by atoms with Gasteiger partial charge in [0, 0.05) is 24.5 Å². The number of imidazole rings is 1. The van der Waals surface area contributed by atoms with Crippen molar-refractivity contribution >= 4 is 29.3 Å². The second-order valence-corrected chi connectivity index (χ2v) is 8.85. The topological polar surface area (TPSA) is 144 Å². The molecule has 0 saturated carbocycles. The number of esters is 1. The summed E-state index contributed by atoms with van der Waals surface area (Å²) in [4.78, 5) is 52.0. The summed E-state index contributed by atoms with van der Waals surface area (Å²) in [5.74, 6) is -8.62. The van der Waals surface area contributed by atoms with Crippen LogP contribution in [0.25, 0.3) is 11.3 Å². The number of rotatable bonds is 10. The number of H-pyrrole nitrogens is 1. The summed E-state index contributed by atoms with van der Waals surface area (Å²) in [6.07, 6.45) is -3.35. The lowest BCUT2D eigenvalue weighted by Gasteiger charge is -2.22. The molecule has 0 spiro atoms. The van der Waals surface area contributed by atoms with E-state index in [2.05, 4.69) is 35.3 Å². The van der Waals surface area contributed by atoms with E-state index in [4.69, 9.17) is 11.6 Å². The second kappa shape index (κ2) is 12.3. The number of halogens is 6. The SMILES string of the molecule is O=C(NCc1ccccc1-c1c[nH]cn1)C(OC(=O)C(F)(F)F)n1c(Cl)cnc(NCC(F)(F)c2ccccn2)c1=O. The number of benzene rings is 1. The van der Waals surface area contributed by atoms with Crippen molar-refractivity contribution in [3.63, 3.8) is 0 Å². The number of nitrogens with one attached hydrogen (secondary N) is 3. The van der Waals surface area contributed by atoms with E-state index in [9.17, 15) is 36.3 Å². The third-order valence-corrected chi connectivity index (χ3v) is 5.90. The average Bonchev–Trinajstić information content (AvgIpc) is 3.50. The van der Waals surface area contributed by atoms with E-state index in [1.54, 1.807) is 30.5 Å². The molecule has 17 heteroatoms. The molecule has 4 rings (SSSR count). The zero-order chi connectivity index (χ0) is 30.5. The molecular weight excluding hydrogens is 593 g/mol. The molecule has 0 aliphatic carbocycles. The zero-order valence-corrected chi connectivity index (χ0v) is 21.8. The highest BCUT2D eigenvalue weighted by molar-refractivity contribution is 6.29. The number of carbonyl (C=O) groups excluding carboxylic acids is 2. The van der Waals surface area contributed by atoms with Crippen molar-refractivity contribution in [2.75, 3.05) is 11.9 Å². The molecule has 11 nitrogen and oxygen atoms in total. The summed E-state index contributed by atoms with van der Waals surface area (Å²) in [7, 11) is 0. The summed E-state index contributed by atoms with van der Waals surface area (Å²) >= 11 is 5.98. The van der Waals surface area contributed by atoms with Gasteiger partial charge in [0.1, 0.15) is 10.8 Å². The molecule has 0 aliphatic rings. The number of hydrogen-bond donors (Lipinski definition) is 3. The molecule has 0 radical (unpaired) electrons. The number of anilines is 1. The summed E-state index contributed by atoms with van der Waals surface area (Å²) in [5, 5.41) is 3.65. The third-order valence-electron chi connectivity index (χ3n) is 5.62. The summed E-state index contributed by atoms with van der Waals surface area (Å²) < 4.78 is 73.0. The van der Waals surface area contributed by atoms with Gasteiger partial charge in [-0.1, -0.05) is 41.9 Å². The molecule has 1 aromatic carbocycles. The maximum absolute atomic E-state index is 14.6. The van der Waals surface area contributed by atoms with Crippen LogP contribution < -0.4 is 16.2 Å². The Balaban J connectivity index is 1.63. The third kappa shape index (κ3) is 6.88. The fourth-order valence-electron chi connectivity index (χ4n) is 3.64. The van der Waals surface area contributed by atoms with Crippen LogP contribution in [0, 0.1) is 0 Å². The van der Waals surface area contributed by atoms with E-state index in [1.165, 1.54) is 18.5 Å². The lowest BCUT2D eigenvalue weighted by molar-refractivity contribution is -0.209. The number of alkyl halides is 5. The fourth-order valence-corrected chi connectivity index (χ4v) is 3.86. The summed E-state index contributed by atoms with van der Waals surface area (Å²) in [5.41, 5.74) is -0.551. The van der Waals surface area contributed by atoms with Crippen LogP contribution >= 0.6 is 11.6 Å². The van der Waals surface area contributed by atoms with Crippen molar-refractivity contribution in [2.24, 2.45) is 0 Å². The van der Waals surface area contributed by atoms with Crippen LogP contribution in [0.5, 0.6) is 0 Å². The first kappa shape index (κ1) is 30.1. The Morgan fingerprint density at radius 2 is 1.79 bits per heavy atom. The molecule has 0 saturated heterocycles. The van der Waals surface area contributed by atoms with E-state index < -0.39 is 59.0 Å². The van der Waals surface area contributed by atoms with Crippen molar-refractivity contribution < 1.29 is 36.3 Å². The van der Waals surface area contributed by atoms with Crippen LogP contribution in [0.4, 0.5) is 27.8 Å². The van der Waals surface area contributed by atoms with Crippen LogP contribution in [0.1, 0.15) is 17.5 Å². The molecule has 0 aliphatic heterocycles. The second-order valence-electron chi connectivity index (χ2n) is 8.46. The van der Waals surface area contributed by atoms with E-state index in [1.807, 2.05) is 0 Å². The van der Waals surface area contributed by atoms with Gasteiger partial charge in [-0.25, -0.2) is 19.3 Å². The predicted octanol–water partition coefficient (Wildman–Crippen LogP) is 3.81. The van der Waals surface area contributed by atoms with Crippen molar-refractivity contribution in [3.05, 3.63) is 94.1 Å². The Labute approximate surface area is 237 Å². The Hall–Kier alpha value is -4.86. The van der Waals surface area contributed by atoms with E-state index in [0.29, 0.717) is 23.0 Å². The quantitative estimate of drug-likeness (QED) is 0.181. The van der Waals surface area contributed by atoms with Gasteiger partial charge in [0.05, 0.1) is 24.8 Å². The highest BCUT2D eigenvalue weighted by Gasteiger charge is 2.44. The van der Waals surface area contributed by atoms with Gasteiger partial charge in [-0.3, -0.25) is 14.6 Å². The standard InChI is InChI=1S/C25H19ClF5N7O4/c26-18-11-34-19(36-12-24(27,28)17-7-3-4-8-33-17)21(40)38(18)22(42-23(41)25(29,30)31)20(39)35-9-14-5-1-2-6-15(14)16-10-32-13-37-16/h1-8,10-11,13,22H,9,12H2,(H,32,37)(H,34,36)(H,35,39). The van der Waals surface area contributed by atoms with Gasteiger partial charge in [0.2, 0.25) is 0 Å². The molecule has 1 amide bonds. The molecule has 1 unspecified atom stereocenters. The lowest BCUT2D eigenvalue weighted by Crippen LogP contribution is -2.43.